The number of ether oxygens (including phenoxy) is 3. The number of carboxylic acid groups (broad SMARTS) is 1. The van der Waals surface area contributed by atoms with Gasteiger partial charge in [-0.25, -0.2) is 0 Å². The van der Waals surface area contributed by atoms with Crippen molar-refractivity contribution < 1.29 is 38.2 Å². The SMILES string of the molecule is CC/C=C/C/C=C/C/C=C/CCCC(=O)OCC(COCCC(C(=O)[O-])[N+](C)(C)C)OC(=O)CCCCCCC/C=C/C=C/C=C/CCCCCCC. The van der Waals surface area contributed by atoms with Gasteiger partial charge in [-0.3, -0.25) is 9.59 Å². The molecule has 0 aliphatic heterocycles. The highest BCUT2D eigenvalue weighted by Gasteiger charge is 2.25. The van der Waals surface area contributed by atoms with Crippen molar-refractivity contribution in [3.05, 3.63) is 72.9 Å². The highest BCUT2D eigenvalue weighted by Crippen LogP contribution is 2.12. The average molecular weight is 742 g/mol. The van der Waals surface area contributed by atoms with E-state index < -0.39 is 18.1 Å². The lowest BCUT2D eigenvalue weighted by molar-refractivity contribution is -0.889. The van der Waals surface area contributed by atoms with Crippen molar-refractivity contribution in [1.29, 1.82) is 0 Å². The van der Waals surface area contributed by atoms with Crippen LogP contribution in [0.4, 0.5) is 0 Å². The normalized spacial score (nSPS) is 13.8. The number of carbonyl (C=O) groups is 3. The van der Waals surface area contributed by atoms with Gasteiger partial charge in [-0.1, -0.05) is 132 Å². The van der Waals surface area contributed by atoms with Gasteiger partial charge in [-0.05, 0) is 64.2 Å². The molecule has 0 rings (SSSR count). The number of likely N-dealkylation sites (N-methyl/N-ethyl adjacent to an activating group) is 1. The van der Waals surface area contributed by atoms with E-state index in [-0.39, 0.29) is 55.5 Å². The van der Waals surface area contributed by atoms with Gasteiger partial charge in [-0.2, -0.15) is 0 Å². The summed E-state index contributed by atoms with van der Waals surface area (Å²) in [4.78, 5) is 36.7. The molecule has 0 saturated heterocycles. The van der Waals surface area contributed by atoms with Crippen LogP contribution in [-0.4, -0.2) is 75.5 Å². The molecule has 0 aromatic rings. The first-order valence-corrected chi connectivity index (χ1v) is 20.5. The molecule has 8 heteroatoms. The fourth-order valence-electron chi connectivity index (χ4n) is 5.45. The van der Waals surface area contributed by atoms with Crippen molar-refractivity contribution in [1.82, 2.24) is 0 Å². The summed E-state index contributed by atoms with van der Waals surface area (Å²) in [5.41, 5.74) is 0. The Labute approximate surface area is 323 Å². The Hall–Kier alpha value is -3.23. The van der Waals surface area contributed by atoms with Gasteiger partial charge < -0.3 is 28.6 Å². The zero-order chi connectivity index (χ0) is 39.3. The molecule has 2 unspecified atom stereocenters. The topological polar surface area (TPSA) is 102 Å². The summed E-state index contributed by atoms with van der Waals surface area (Å²) in [7, 11) is 5.37. The largest absolute Gasteiger partial charge is 0.544 e. The molecule has 0 N–H and O–H groups in total. The van der Waals surface area contributed by atoms with Crippen molar-refractivity contribution in [2.45, 2.75) is 154 Å². The van der Waals surface area contributed by atoms with Crippen LogP contribution in [0.1, 0.15) is 142 Å². The van der Waals surface area contributed by atoms with Gasteiger partial charge in [0.25, 0.3) is 0 Å². The quantitative estimate of drug-likeness (QED) is 0.0210. The summed E-state index contributed by atoms with van der Waals surface area (Å²) in [6.45, 7) is 4.42. The maximum absolute atomic E-state index is 12.7. The number of quaternary nitrogens is 1. The Morgan fingerprint density at radius 3 is 1.75 bits per heavy atom. The molecule has 0 aliphatic carbocycles. The predicted octanol–water partition coefficient (Wildman–Crippen LogP) is 9.46. The molecule has 302 valence electrons. The van der Waals surface area contributed by atoms with Crippen molar-refractivity contribution in [2.75, 3.05) is 41.0 Å². The molecule has 2 atom stereocenters. The van der Waals surface area contributed by atoms with Crippen LogP contribution in [0.5, 0.6) is 0 Å². The summed E-state index contributed by atoms with van der Waals surface area (Å²) in [5, 5.41) is 11.6. The van der Waals surface area contributed by atoms with Crippen LogP contribution in [0.3, 0.4) is 0 Å². The minimum absolute atomic E-state index is 0.0124. The third-order valence-corrected chi connectivity index (χ3v) is 8.64. The van der Waals surface area contributed by atoms with Gasteiger partial charge in [0.2, 0.25) is 0 Å². The predicted molar refractivity (Wildman–Crippen MR) is 217 cm³/mol. The Balaban J connectivity index is 4.49. The van der Waals surface area contributed by atoms with E-state index in [4.69, 9.17) is 14.2 Å². The molecule has 0 fully saturated rings. The minimum atomic E-state index is -1.14. The number of carbonyl (C=O) groups excluding carboxylic acids is 3. The molecule has 0 spiro atoms. The lowest BCUT2D eigenvalue weighted by atomic mass is 10.1. The van der Waals surface area contributed by atoms with E-state index in [1.54, 1.807) is 21.1 Å². The smallest absolute Gasteiger partial charge is 0.306 e. The molecular formula is C45H75NO7. The summed E-state index contributed by atoms with van der Waals surface area (Å²) >= 11 is 0. The Morgan fingerprint density at radius 1 is 0.604 bits per heavy atom. The lowest BCUT2D eigenvalue weighted by Crippen LogP contribution is -2.55. The second-order valence-corrected chi connectivity index (χ2v) is 14.5. The third-order valence-electron chi connectivity index (χ3n) is 8.64. The van der Waals surface area contributed by atoms with Gasteiger partial charge >= 0.3 is 11.9 Å². The van der Waals surface area contributed by atoms with Crippen LogP contribution < -0.4 is 5.11 Å². The maximum atomic E-state index is 12.7. The number of allylic oxidation sites excluding steroid dienone is 12. The highest BCUT2D eigenvalue weighted by atomic mass is 16.6. The number of rotatable bonds is 35. The number of hydrogen-bond donors (Lipinski definition) is 0. The fourth-order valence-corrected chi connectivity index (χ4v) is 5.45. The highest BCUT2D eigenvalue weighted by molar-refractivity contribution is 5.70. The van der Waals surface area contributed by atoms with Crippen LogP contribution in [0, 0.1) is 0 Å². The van der Waals surface area contributed by atoms with E-state index in [0.29, 0.717) is 6.42 Å². The van der Waals surface area contributed by atoms with E-state index in [9.17, 15) is 19.5 Å². The van der Waals surface area contributed by atoms with E-state index in [1.165, 1.54) is 32.1 Å². The Morgan fingerprint density at radius 2 is 1.15 bits per heavy atom. The molecule has 8 nitrogen and oxygen atoms in total. The standard InChI is InChI=1S/C45H75NO7/c1-6-8-10-12-14-16-18-19-20-21-22-23-24-26-28-30-32-34-36-44(48)53-41(39-51-38-37-42(45(49)50)46(3,4)5)40-52-43(47)35-33-31-29-27-25-17-15-13-11-9-7-2/h9,11,15,17-23,27,29,41-42H,6-8,10,12-14,16,24-26,28,30-40H2,1-5H3/b11-9+,17-15+,19-18+,21-20+,23-22+,29-27+. The molecular weight excluding hydrogens is 666 g/mol. The van der Waals surface area contributed by atoms with Gasteiger partial charge in [0.05, 0.1) is 40.3 Å². The average Bonchev–Trinajstić information content (AvgIpc) is 3.11. The van der Waals surface area contributed by atoms with Crippen LogP contribution in [0.2, 0.25) is 0 Å². The van der Waals surface area contributed by atoms with Gasteiger partial charge in [0.1, 0.15) is 12.6 Å². The number of carboxylic acids is 1. The van der Waals surface area contributed by atoms with Crippen LogP contribution in [-0.2, 0) is 28.6 Å². The first-order chi connectivity index (χ1) is 25.6. The summed E-state index contributed by atoms with van der Waals surface area (Å²) in [6, 6.07) is -0.739. The number of unbranched alkanes of at least 4 members (excludes halogenated alkanes) is 11. The fraction of sp³-hybridized carbons (Fsp3) is 0.667. The molecule has 0 aromatic heterocycles. The van der Waals surface area contributed by atoms with Crippen molar-refractivity contribution in [2.24, 2.45) is 0 Å². The van der Waals surface area contributed by atoms with Crippen molar-refractivity contribution >= 4 is 17.9 Å². The molecule has 0 aliphatic rings. The minimum Gasteiger partial charge on any atom is -0.544 e. The van der Waals surface area contributed by atoms with Gasteiger partial charge in [0, 0.05) is 19.3 Å². The summed E-state index contributed by atoms with van der Waals surface area (Å²) in [6.07, 6.45) is 43.7. The van der Waals surface area contributed by atoms with E-state index in [0.717, 1.165) is 70.6 Å². The van der Waals surface area contributed by atoms with E-state index in [1.807, 2.05) is 0 Å². The monoisotopic (exact) mass is 742 g/mol. The molecule has 0 heterocycles. The second-order valence-electron chi connectivity index (χ2n) is 14.5. The molecule has 0 radical (unpaired) electrons. The van der Waals surface area contributed by atoms with E-state index >= 15 is 0 Å². The van der Waals surface area contributed by atoms with Crippen LogP contribution in [0.25, 0.3) is 0 Å². The van der Waals surface area contributed by atoms with E-state index in [2.05, 4.69) is 86.8 Å². The van der Waals surface area contributed by atoms with Crippen LogP contribution >= 0.6 is 0 Å². The molecule has 0 bridgehead atoms. The van der Waals surface area contributed by atoms with Gasteiger partial charge in [-0.15, -0.1) is 0 Å². The molecule has 0 aromatic carbocycles. The number of esters is 2. The summed E-state index contributed by atoms with van der Waals surface area (Å²) < 4.78 is 17.0. The van der Waals surface area contributed by atoms with Gasteiger partial charge in [0.15, 0.2) is 6.10 Å². The summed E-state index contributed by atoms with van der Waals surface area (Å²) in [5.74, 6) is -1.84. The van der Waals surface area contributed by atoms with Crippen LogP contribution in [0.15, 0.2) is 72.9 Å². The molecule has 0 amide bonds. The molecule has 0 saturated carbocycles. The zero-order valence-corrected chi connectivity index (χ0v) is 34.2. The number of aliphatic carboxylic acids is 1. The first kappa shape index (κ1) is 49.8. The zero-order valence-electron chi connectivity index (χ0n) is 34.2. The first-order valence-electron chi connectivity index (χ1n) is 20.5. The Bertz CT molecular complexity index is 1100. The number of hydrogen-bond acceptors (Lipinski definition) is 7. The number of nitrogens with zero attached hydrogens (tertiary/aromatic N) is 1. The maximum Gasteiger partial charge on any atom is 0.306 e. The van der Waals surface area contributed by atoms with Crippen molar-refractivity contribution in [3.8, 4) is 0 Å². The molecule has 53 heavy (non-hydrogen) atoms. The lowest BCUT2D eigenvalue weighted by Gasteiger charge is -2.34. The second kappa shape index (κ2) is 35.8. The Kier molecular flexibility index (Phi) is 33.6. The third kappa shape index (κ3) is 34.3. The van der Waals surface area contributed by atoms with Crippen molar-refractivity contribution in [3.63, 3.8) is 0 Å².